The Kier molecular flexibility index (Phi) is 4.04. The fourth-order valence-corrected chi connectivity index (χ4v) is 2.85. The lowest BCUT2D eigenvalue weighted by atomic mass is 9.99. The first-order chi connectivity index (χ1) is 9.72. The highest BCUT2D eigenvalue weighted by Crippen LogP contribution is 2.28. The molecule has 0 amide bonds. The van der Waals surface area contributed by atoms with Gasteiger partial charge in [0.1, 0.15) is 0 Å². The largest absolute Gasteiger partial charge is 0.0610 e. The molecule has 0 aliphatic rings. The van der Waals surface area contributed by atoms with Crippen LogP contribution in [0.15, 0.2) is 81.7 Å². The zero-order valence-electron chi connectivity index (χ0n) is 10.7. The Morgan fingerprint density at radius 2 is 1.00 bits per heavy atom. The predicted octanol–water partition coefficient (Wildman–Crippen LogP) is 6.55. The van der Waals surface area contributed by atoms with E-state index in [1.165, 1.54) is 22.3 Å². The normalized spacial score (nSPS) is 10.5. The molecule has 3 rings (SSSR count). The Hall–Kier alpha value is -1.38. The standard InChI is InChI=1S/C18H12Br2/c19-17-9-7-13(8-10-17)14-3-1-4-15(11-14)16-5-2-6-18(20)12-16/h1-12H. The maximum Gasteiger partial charge on any atom is 0.0181 e. The highest BCUT2D eigenvalue weighted by Gasteiger charge is 2.02. The minimum Gasteiger partial charge on any atom is -0.0610 e. The van der Waals surface area contributed by atoms with E-state index in [9.17, 15) is 0 Å². The Morgan fingerprint density at radius 1 is 0.450 bits per heavy atom. The van der Waals surface area contributed by atoms with Crippen molar-refractivity contribution in [3.8, 4) is 22.3 Å². The topological polar surface area (TPSA) is 0 Å². The van der Waals surface area contributed by atoms with Crippen LogP contribution in [0, 0.1) is 0 Å². The molecule has 0 aliphatic heterocycles. The van der Waals surface area contributed by atoms with E-state index in [2.05, 4.69) is 98.6 Å². The number of halogens is 2. The maximum atomic E-state index is 3.53. The van der Waals surface area contributed by atoms with Crippen LogP contribution in [0.3, 0.4) is 0 Å². The first-order valence-electron chi connectivity index (χ1n) is 6.34. The van der Waals surface area contributed by atoms with E-state index in [0.29, 0.717) is 0 Å². The lowest BCUT2D eigenvalue weighted by molar-refractivity contribution is 1.56. The van der Waals surface area contributed by atoms with Crippen molar-refractivity contribution in [2.75, 3.05) is 0 Å². The molecule has 0 unspecified atom stereocenters. The Morgan fingerprint density at radius 3 is 1.65 bits per heavy atom. The summed E-state index contributed by atoms with van der Waals surface area (Å²) >= 11 is 7.00. The van der Waals surface area contributed by atoms with Gasteiger partial charge in [0.2, 0.25) is 0 Å². The summed E-state index contributed by atoms with van der Waals surface area (Å²) in [5.74, 6) is 0. The molecule has 0 saturated heterocycles. The van der Waals surface area contributed by atoms with E-state index in [4.69, 9.17) is 0 Å². The molecular weight excluding hydrogens is 376 g/mol. The second kappa shape index (κ2) is 5.94. The highest BCUT2D eigenvalue weighted by molar-refractivity contribution is 9.10. The van der Waals surface area contributed by atoms with Crippen LogP contribution < -0.4 is 0 Å². The van der Waals surface area contributed by atoms with Gasteiger partial charge < -0.3 is 0 Å². The van der Waals surface area contributed by atoms with Crippen molar-refractivity contribution >= 4 is 31.9 Å². The van der Waals surface area contributed by atoms with Gasteiger partial charge in [-0.2, -0.15) is 0 Å². The van der Waals surface area contributed by atoms with Crippen LogP contribution in [-0.2, 0) is 0 Å². The molecule has 0 atom stereocenters. The van der Waals surface area contributed by atoms with E-state index < -0.39 is 0 Å². The number of rotatable bonds is 2. The molecule has 3 aromatic rings. The van der Waals surface area contributed by atoms with Crippen LogP contribution >= 0.6 is 31.9 Å². The lowest BCUT2D eigenvalue weighted by Gasteiger charge is -2.07. The van der Waals surface area contributed by atoms with Crippen molar-refractivity contribution < 1.29 is 0 Å². The van der Waals surface area contributed by atoms with Gasteiger partial charge in [0, 0.05) is 8.95 Å². The minimum absolute atomic E-state index is 1.10. The predicted molar refractivity (Wildman–Crippen MR) is 92.7 cm³/mol. The van der Waals surface area contributed by atoms with E-state index in [0.717, 1.165) is 8.95 Å². The van der Waals surface area contributed by atoms with Crippen molar-refractivity contribution in [2.45, 2.75) is 0 Å². The maximum absolute atomic E-state index is 3.53. The third-order valence-electron chi connectivity index (χ3n) is 3.20. The van der Waals surface area contributed by atoms with Crippen LogP contribution in [0.1, 0.15) is 0 Å². The van der Waals surface area contributed by atoms with Crippen LogP contribution in [0.25, 0.3) is 22.3 Å². The van der Waals surface area contributed by atoms with E-state index >= 15 is 0 Å². The summed E-state index contributed by atoms with van der Waals surface area (Å²) in [6.45, 7) is 0. The Labute approximate surface area is 135 Å². The molecule has 0 radical (unpaired) electrons. The zero-order valence-corrected chi connectivity index (χ0v) is 13.9. The molecule has 3 aromatic carbocycles. The molecule has 0 heterocycles. The fourth-order valence-electron chi connectivity index (χ4n) is 2.19. The van der Waals surface area contributed by atoms with Crippen LogP contribution in [0.4, 0.5) is 0 Å². The Balaban J connectivity index is 2.03. The third kappa shape index (κ3) is 3.02. The van der Waals surface area contributed by atoms with Crippen LogP contribution in [0.5, 0.6) is 0 Å². The molecule has 20 heavy (non-hydrogen) atoms. The summed E-state index contributed by atoms with van der Waals surface area (Å²) in [5, 5.41) is 0. The van der Waals surface area contributed by atoms with Gasteiger partial charge >= 0.3 is 0 Å². The molecule has 0 saturated carbocycles. The van der Waals surface area contributed by atoms with E-state index in [1.807, 2.05) is 6.07 Å². The quantitative estimate of drug-likeness (QED) is 0.467. The summed E-state index contributed by atoms with van der Waals surface area (Å²) in [5.41, 5.74) is 4.91. The molecule has 0 N–H and O–H groups in total. The first-order valence-corrected chi connectivity index (χ1v) is 7.93. The van der Waals surface area contributed by atoms with Crippen LogP contribution in [-0.4, -0.2) is 0 Å². The fraction of sp³-hybridized carbons (Fsp3) is 0. The molecular formula is C18H12Br2. The van der Waals surface area contributed by atoms with Gasteiger partial charge in [0.15, 0.2) is 0 Å². The Bertz CT molecular complexity index is 730. The SMILES string of the molecule is Brc1ccc(-c2cccc(-c3cccc(Br)c3)c2)cc1. The van der Waals surface area contributed by atoms with Crippen molar-refractivity contribution in [1.29, 1.82) is 0 Å². The van der Waals surface area contributed by atoms with Crippen LogP contribution in [0.2, 0.25) is 0 Å². The highest BCUT2D eigenvalue weighted by atomic mass is 79.9. The van der Waals surface area contributed by atoms with E-state index in [-0.39, 0.29) is 0 Å². The molecule has 0 nitrogen and oxygen atoms in total. The molecule has 98 valence electrons. The van der Waals surface area contributed by atoms with Crippen molar-refractivity contribution in [3.63, 3.8) is 0 Å². The molecule has 0 bridgehead atoms. The van der Waals surface area contributed by atoms with Gasteiger partial charge in [-0.05, 0) is 52.6 Å². The summed E-state index contributed by atoms with van der Waals surface area (Å²) in [6.07, 6.45) is 0. The number of hydrogen-bond donors (Lipinski definition) is 0. The number of hydrogen-bond acceptors (Lipinski definition) is 0. The average molecular weight is 388 g/mol. The van der Waals surface area contributed by atoms with Gasteiger partial charge in [-0.15, -0.1) is 0 Å². The van der Waals surface area contributed by atoms with Gasteiger partial charge in [0.05, 0.1) is 0 Å². The first kappa shape index (κ1) is 13.6. The molecule has 0 aliphatic carbocycles. The van der Waals surface area contributed by atoms with Gasteiger partial charge in [-0.3, -0.25) is 0 Å². The molecule has 0 aromatic heterocycles. The van der Waals surface area contributed by atoms with Gasteiger partial charge in [-0.25, -0.2) is 0 Å². The van der Waals surface area contributed by atoms with Crippen molar-refractivity contribution in [3.05, 3.63) is 81.7 Å². The zero-order chi connectivity index (χ0) is 13.9. The minimum atomic E-state index is 1.10. The summed E-state index contributed by atoms with van der Waals surface area (Å²) < 4.78 is 2.20. The van der Waals surface area contributed by atoms with Crippen molar-refractivity contribution in [2.24, 2.45) is 0 Å². The summed E-state index contributed by atoms with van der Waals surface area (Å²) in [7, 11) is 0. The lowest BCUT2D eigenvalue weighted by Crippen LogP contribution is -1.81. The van der Waals surface area contributed by atoms with Crippen molar-refractivity contribution in [1.82, 2.24) is 0 Å². The smallest absolute Gasteiger partial charge is 0.0181 e. The molecule has 0 spiro atoms. The van der Waals surface area contributed by atoms with E-state index in [1.54, 1.807) is 0 Å². The second-order valence-corrected chi connectivity index (χ2v) is 6.43. The third-order valence-corrected chi connectivity index (χ3v) is 4.22. The molecule has 2 heteroatoms. The average Bonchev–Trinajstić information content (AvgIpc) is 2.48. The molecule has 0 fully saturated rings. The van der Waals surface area contributed by atoms with Gasteiger partial charge in [-0.1, -0.05) is 74.3 Å². The summed E-state index contributed by atoms with van der Waals surface area (Å²) in [6, 6.07) is 25.4. The second-order valence-electron chi connectivity index (χ2n) is 4.60. The van der Waals surface area contributed by atoms with Gasteiger partial charge in [0.25, 0.3) is 0 Å². The number of benzene rings is 3. The monoisotopic (exact) mass is 386 g/mol. The summed E-state index contributed by atoms with van der Waals surface area (Å²) in [4.78, 5) is 0.